The van der Waals surface area contributed by atoms with Crippen LogP contribution in [0.3, 0.4) is 0 Å². The van der Waals surface area contributed by atoms with Crippen LogP contribution < -0.4 is 14.8 Å². The summed E-state index contributed by atoms with van der Waals surface area (Å²) in [5.41, 5.74) is 2.88. The Balaban J connectivity index is 0.00000243. The summed E-state index contributed by atoms with van der Waals surface area (Å²) >= 11 is 0. The van der Waals surface area contributed by atoms with Crippen molar-refractivity contribution in [2.75, 3.05) is 26.1 Å². The van der Waals surface area contributed by atoms with E-state index in [1.165, 1.54) is 5.56 Å². The van der Waals surface area contributed by atoms with Crippen LogP contribution in [-0.2, 0) is 6.42 Å². The molecule has 0 amide bonds. The van der Waals surface area contributed by atoms with Crippen LogP contribution in [0.4, 0.5) is 5.82 Å². The van der Waals surface area contributed by atoms with Gasteiger partial charge in [0.2, 0.25) is 0 Å². The maximum Gasteiger partial charge on any atom is 0.318 e. The number of benzene rings is 1. The Kier molecular flexibility index (Phi) is 7.17. The van der Waals surface area contributed by atoms with E-state index in [9.17, 15) is 0 Å². The highest BCUT2D eigenvalue weighted by atomic mass is 35.5. The fraction of sp³-hybridized carbons (Fsp3) is 0.211. The van der Waals surface area contributed by atoms with Crippen LogP contribution in [0, 0.1) is 0 Å². The lowest BCUT2D eigenvalue weighted by molar-refractivity contribution is 0.381. The van der Waals surface area contributed by atoms with Crippen LogP contribution in [0.5, 0.6) is 11.8 Å². The average molecular weight is 373 g/mol. The molecular formula is C19H21ClN4O2. The molecule has 0 radical (unpaired) electrons. The zero-order valence-electron chi connectivity index (χ0n) is 14.7. The molecule has 6 nitrogen and oxygen atoms in total. The summed E-state index contributed by atoms with van der Waals surface area (Å²) in [6, 6.07) is 13.9. The molecule has 2 heterocycles. The van der Waals surface area contributed by atoms with E-state index >= 15 is 0 Å². The number of rotatable bonds is 7. The first-order valence-electron chi connectivity index (χ1n) is 7.99. The number of aromatic nitrogens is 3. The molecule has 0 aliphatic rings. The Morgan fingerprint density at radius 1 is 1.00 bits per heavy atom. The first kappa shape index (κ1) is 19.5. The van der Waals surface area contributed by atoms with Crippen molar-refractivity contribution in [1.29, 1.82) is 0 Å². The SMILES string of the molecule is COc1cccc(-c2cc(NCCc3cccnc3)nc(OC)n2)c1.Cl. The first-order valence-corrected chi connectivity index (χ1v) is 7.99. The third-order valence-corrected chi connectivity index (χ3v) is 3.70. The van der Waals surface area contributed by atoms with Crippen LogP contribution in [0.1, 0.15) is 5.56 Å². The highest BCUT2D eigenvalue weighted by molar-refractivity contribution is 5.85. The zero-order valence-corrected chi connectivity index (χ0v) is 15.5. The number of nitrogens with zero attached hydrogens (tertiary/aromatic N) is 3. The molecule has 0 fully saturated rings. The molecule has 7 heteroatoms. The number of hydrogen-bond acceptors (Lipinski definition) is 6. The normalized spacial score (nSPS) is 9.92. The molecule has 136 valence electrons. The molecule has 0 atom stereocenters. The van der Waals surface area contributed by atoms with Crippen LogP contribution in [-0.4, -0.2) is 35.7 Å². The number of halogens is 1. The smallest absolute Gasteiger partial charge is 0.318 e. The maximum absolute atomic E-state index is 5.28. The molecule has 0 bridgehead atoms. The van der Waals surface area contributed by atoms with Gasteiger partial charge in [-0.3, -0.25) is 4.98 Å². The highest BCUT2D eigenvalue weighted by Gasteiger charge is 2.08. The van der Waals surface area contributed by atoms with Gasteiger partial charge >= 0.3 is 6.01 Å². The minimum atomic E-state index is 0. The molecule has 3 rings (SSSR count). The van der Waals surface area contributed by atoms with Crippen molar-refractivity contribution in [3.05, 3.63) is 60.4 Å². The predicted octanol–water partition coefficient (Wildman–Crippen LogP) is 3.63. The average Bonchev–Trinajstić information content (AvgIpc) is 2.68. The second-order valence-corrected chi connectivity index (χ2v) is 5.40. The van der Waals surface area contributed by atoms with Crippen molar-refractivity contribution < 1.29 is 9.47 Å². The lowest BCUT2D eigenvalue weighted by Crippen LogP contribution is -2.08. The van der Waals surface area contributed by atoms with Crippen LogP contribution in [0.2, 0.25) is 0 Å². The van der Waals surface area contributed by atoms with Gasteiger partial charge in [-0.05, 0) is 30.2 Å². The van der Waals surface area contributed by atoms with Gasteiger partial charge in [0.15, 0.2) is 0 Å². The Bertz CT molecular complexity index is 831. The van der Waals surface area contributed by atoms with Crippen LogP contribution in [0.15, 0.2) is 54.9 Å². The summed E-state index contributed by atoms with van der Waals surface area (Å²) in [7, 11) is 3.20. The van der Waals surface area contributed by atoms with Crippen molar-refractivity contribution in [1.82, 2.24) is 15.0 Å². The zero-order chi connectivity index (χ0) is 17.5. The quantitative estimate of drug-likeness (QED) is 0.683. The van der Waals surface area contributed by atoms with E-state index in [1.807, 2.05) is 42.6 Å². The number of methoxy groups -OCH3 is 2. The first-order chi connectivity index (χ1) is 12.3. The third-order valence-electron chi connectivity index (χ3n) is 3.70. The van der Waals surface area contributed by atoms with Crippen molar-refractivity contribution in [3.63, 3.8) is 0 Å². The lowest BCUT2D eigenvalue weighted by Gasteiger charge is -2.10. The summed E-state index contributed by atoms with van der Waals surface area (Å²) in [6.07, 6.45) is 4.49. The van der Waals surface area contributed by atoms with Gasteiger partial charge in [-0.2, -0.15) is 9.97 Å². The highest BCUT2D eigenvalue weighted by Crippen LogP contribution is 2.25. The van der Waals surface area contributed by atoms with Gasteiger partial charge in [-0.25, -0.2) is 0 Å². The van der Waals surface area contributed by atoms with Crippen molar-refractivity contribution in [2.24, 2.45) is 0 Å². The van der Waals surface area contributed by atoms with Gasteiger partial charge in [0, 0.05) is 30.6 Å². The van der Waals surface area contributed by atoms with E-state index in [0.29, 0.717) is 11.8 Å². The van der Waals surface area contributed by atoms with Gasteiger partial charge in [0.1, 0.15) is 11.6 Å². The molecule has 0 saturated carbocycles. The summed E-state index contributed by atoms with van der Waals surface area (Å²) < 4.78 is 10.5. The summed E-state index contributed by atoms with van der Waals surface area (Å²) in [5, 5.41) is 3.32. The van der Waals surface area contributed by atoms with Crippen LogP contribution >= 0.6 is 12.4 Å². The van der Waals surface area contributed by atoms with Gasteiger partial charge in [-0.1, -0.05) is 18.2 Å². The Morgan fingerprint density at radius 2 is 1.88 bits per heavy atom. The van der Waals surface area contributed by atoms with Gasteiger partial charge in [0.05, 0.1) is 19.9 Å². The van der Waals surface area contributed by atoms with Crippen molar-refractivity contribution >= 4 is 18.2 Å². The molecule has 3 aromatic rings. The molecule has 1 aromatic carbocycles. The van der Waals surface area contributed by atoms with Gasteiger partial charge < -0.3 is 14.8 Å². The molecular weight excluding hydrogens is 352 g/mol. The summed E-state index contributed by atoms with van der Waals surface area (Å²) in [6.45, 7) is 0.739. The van der Waals surface area contributed by atoms with E-state index in [1.54, 1.807) is 20.4 Å². The minimum Gasteiger partial charge on any atom is -0.497 e. The summed E-state index contributed by atoms with van der Waals surface area (Å²) in [4.78, 5) is 12.9. The number of nitrogens with one attached hydrogen (secondary N) is 1. The molecule has 0 aliphatic carbocycles. The van der Waals surface area contributed by atoms with E-state index in [4.69, 9.17) is 9.47 Å². The largest absolute Gasteiger partial charge is 0.497 e. The lowest BCUT2D eigenvalue weighted by atomic mass is 10.1. The number of pyridine rings is 1. The molecule has 1 N–H and O–H groups in total. The van der Waals surface area contributed by atoms with E-state index in [2.05, 4.69) is 26.3 Å². The maximum atomic E-state index is 5.28. The number of anilines is 1. The van der Waals surface area contributed by atoms with Crippen molar-refractivity contribution in [2.45, 2.75) is 6.42 Å². The standard InChI is InChI=1S/C19H20N4O2.ClH/c1-24-16-7-3-6-15(11-16)17-12-18(23-19(22-17)25-2)21-10-8-14-5-4-9-20-13-14;/h3-7,9,11-13H,8,10H2,1-2H3,(H,21,22,23);1H. The molecule has 0 spiro atoms. The van der Waals surface area contributed by atoms with Gasteiger partial charge in [0.25, 0.3) is 0 Å². The van der Waals surface area contributed by atoms with E-state index in [0.717, 1.165) is 30.0 Å². The van der Waals surface area contributed by atoms with Gasteiger partial charge in [-0.15, -0.1) is 12.4 Å². The Morgan fingerprint density at radius 3 is 2.62 bits per heavy atom. The molecule has 0 unspecified atom stereocenters. The Labute approximate surface area is 159 Å². The fourth-order valence-electron chi connectivity index (χ4n) is 2.42. The number of ether oxygens (including phenoxy) is 2. The van der Waals surface area contributed by atoms with E-state index < -0.39 is 0 Å². The molecule has 0 aliphatic heterocycles. The molecule has 26 heavy (non-hydrogen) atoms. The summed E-state index contributed by atoms with van der Waals surface area (Å²) in [5.74, 6) is 1.50. The topological polar surface area (TPSA) is 69.2 Å². The third kappa shape index (κ3) is 5.07. The molecule has 0 saturated heterocycles. The van der Waals surface area contributed by atoms with Crippen molar-refractivity contribution in [3.8, 4) is 23.0 Å². The predicted molar refractivity (Wildman–Crippen MR) is 104 cm³/mol. The minimum absolute atomic E-state index is 0. The second-order valence-electron chi connectivity index (χ2n) is 5.40. The van der Waals surface area contributed by atoms with Crippen LogP contribution in [0.25, 0.3) is 11.3 Å². The Hall–Kier alpha value is -2.86. The monoisotopic (exact) mass is 372 g/mol. The van der Waals surface area contributed by atoms with E-state index in [-0.39, 0.29) is 12.4 Å². The number of hydrogen-bond donors (Lipinski definition) is 1. The molecule has 2 aromatic heterocycles. The fourth-order valence-corrected chi connectivity index (χ4v) is 2.42. The second kappa shape index (κ2) is 9.58.